The molecule has 0 aromatic heterocycles. The molecule has 0 aliphatic heterocycles. The molecule has 0 fully saturated rings. The molecule has 0 bridgehead atoms. The van der Waals surface area contributed by atoms with Crippen LogP contribution in [-0.4, -0.2) is 7.11 Å². The SMILES string of the molecule is CO/C=C(\C)Oc1cc(-c2ccccc2F)ccc1C. The van der Waals surface area contributed by atoms with E-state index >= 15 is 0 Å². The zero-order valence-electron chi connectivity index (χ0n) is 11.8. The first-order chi connectivity index (χ1) is 9.61. The highest BCUT2D eigenvalue weighted by molar-refractivity contribution is 5.66. The van der Waals surface area contributed by atoms with Gasteiger partial charge < -0.3 is 9.47 Å². The lowest BCUT2D eigenvalue weighted by Crippen LogP contribution is -1.95. The lowest BCUT2D eigenvalue weighted by atomic mass is 10.0. The first-order valence-electron chi connectivity index (χ1n) is 6.35. The van der Waals surface area contributed by atoms with Crippen LogP contribution in [-0.2, 0) is 4.74 Å². The van der Waals surface area contributed by atoms with Crippen LogP contribution in [0.4, 0.5) is 4.39 Å². The lowest BCUT2D eigenvalue weighted by molar-refractivity contribution is 0.304. The van der Waals surface area contributed by atoms with Gasteiger partial charge in [-0.3, -0.25) is 0 Å². The van der Waals surface area contributed by atoms with E-state index in [9.17, 15) is 4.39 Å². The predicted octanol–water partition coefficient (Wildman–Crippen LogP) is 4.69. The molecule has 0 saturated carbocycles. The first-order valence-corrected chi connectivity index (χ1v) is 6.35. The minimum atomic E-state index is -0.244. The monoisotopic (exact) mass is 272 g/mol. The van der Waals surface area contributed by atoms with Crippen LogP contribution in [0.25, 0.3) is 11.1 Å². The number of benzene rings is 2. The molecule has 0 aliphatic rings. The molecular weight excluding hydrogens is 255 g/mol. The zero-order valence-corrected chi connectivity index (χ0v) is 11.8. The Morgan fingerprint density at radius 3 is 2.60 bits per heavy atom. The Labute approximate surface area is 118 Å². The summed E-state index contributed by atoms with van der Waals surface area (Å²) in [5.74, 6) is 1.09. The largest absolute Gasteiger partial charge is 0.501 e. The van der Waals surface area contributed by atoms with Gasteiger partial charge in [0.1, 0.15) is 23.6 Å². The number of aryl methyl sites for hydroxylation is 1. The van der Waals surface area contributed by atoms with Crippen molar-refractivity contribution in [3.63, 3.8) is 0 Å². The maximum atomic E-state index is 13.8. The van der Waals surface area contributed by atoms with Gasteiger partial charge in [0.15, 0.2) is 0 Å². The number of hydrogen-bond donors (Lipinski definition) is 0. The number of halogens is 1. The van der Waals surface area contributed by atoms with Gasteiger partial charge in [-0.15, -0.1) is 0 Å². The van der Waals surface area contributed by atoms with Crippen molar-refractivity contribution in [1.82, 2.24) is 0 Å². The Morgan fingerprint density at radius 1 is 1.15 bits per heavy atom. The Hall–Kier alpha value is -2.29. The summed E-state index contributed by atoms with van der Waals surface area (Å²) in [4.78, 5) is 0. The molecule has 2 nitrogen and oxygen atoms in total. The van der Waals surface area contributed by atoms with Gasteiger partial charge in [-0.25, -0.2) is 4.39 Å². The highest BCUT2D eigenvalue weighted by Gasteiger charge is 2.08. The highest BCUT2D eigenvalue weighted by Crippen LogP contribution is 2.29. The molecule has 2 aromatic carbocycles. The highest BCUT2D eigenvalue weighted by atomic mass is 19.1. The molecule has 20 heavy (non-hydrogen) atoms. The van der Waals surface area contributed by atoms with Crippen LogP contribution in [0, 0.1) is 12.7 Å². The van der Waals surface area contributed by atoms with Crippen molar-refractivity contribution < 1.29 is 13.9 Å². The molecule has 2 aromatic rings. The topological polar surface area (TPSA) is 18.5 Å². The maximum Gasteiger partial charge on any atom is 0.135 e. The molecule has 0 unspecified atom stereocenters. The third-order valence-electron chi connectivity index (χ3n) is 2.93. The Bertz CT molecular complexity index is 633. The van der Waals surface area contributed by atoms with E-state index in [0.717, 1.165) is 11.1 Å². The van der Waals surface area contributed by atoms with Crippen LogP contribution in [0.5, 0.6) is 5.75 Å². The summed E-state index contributed by atoms with van der Waals surface area (Å²) in [6.45, 7) is 3.75. The second-order valence-electron chi connectivity index (χ2n) is 4.53. The van der Waals surface area contributed by atoms with Gasteiger partial charge in [0.2, 0.25) is 0 Å². The molecule has 0 atom stereocenters. The summed E-state index contributed by atoms with van der Waals surface area (Å²) in [7, 11) is 1.56. The number of hydrogen-bond acceptors (Lipinski definition) is 2. The molecule has 0 radical (unpaired) electrons. The van der Waals surface area contributed by atoms with E-state index in [0.29, 0.717) is 17.1 Å². The van der Waals surface area contributed by atoms with Crippen molar-refractivity contribution in [3.8, 4) is 16.9 Å². The third-order valence-corrected chi connectivity index (χ3v) is 2.93. The van der Waals surface area contributed by atoms with Crippen LogP contribution in [0.2, 0.25) is 0 Å². The van der Waals surface area contributed by atoms with Gasteiger partial charge in [-0.05, 0) is 37.1 Å². The van der Waals surface area contributed by atoms with E-state index in [1.54, 1.807) is 26.2 Å². The fourth-order valence-electron chi connectivity index (χ4n) is 1.94. The van der Waals surface area contributed by atoms with Gasteiger partial charge in [-0.1, -0.05) is 30.3 Å². The molecular formula is C17H17FO2. The molecule has 0 N–H and O–H groups in total. The summed E-state index contributed by atoms with van der Waals surface area (Å²) < 4.78 is 24.4. The normalized spacial score (nSPS) is 11.3. The summed E-state index contributed by atoms with van der Waals surface area (Å²) >= 11 is 0. The van der Waals surface area contributed by atoms with Gasteiger partial charge in [0.25, 0.3) is 0 Å². The minimum absolute atomic E-state index is 0.244. The van der Waals surface area contributed by atoms with Gasteiger partial charge >= 0.3 is 0 Å². The van der Waals surface area contributed by atoms with E-state index in [-0.39, 0.29) is 5.82 Å². The summed E-state index contributed by atoms with van der Waals surface area (Å²) in [6, 6.07) is 12.3. The van der Waals surface area contributed by atoms with Crippen LogP contribution < -0.4 is 4.74 Å². The third kappa shape index (κ3) is 3.18. The van der Waals surface area contributed by atoms with E-state index < -0.39 is 0 Å². The summed E-state index contributed by atoms with van der Waals surface area (Å²) in [5, 5.41) is 0. The van der Waals surface area contributed by atoms with E-state index in [4.69, 9.17) is 9.47 Å². The van der Waals surface area contributed by atoms with Crippen molar-refractivity contribution in [2.45, 2.75) is 13.8 Å². The molecule has 3 heteroatoms. The molecule has 0 heterocycles. The molecule has 2 rings (SSSR count). The van der Waals surface area contributed by atoms with Gasteiger partial charge in [-0.2, -0.15) is 0 Å². The quantitative estimate of drug-likeness (QED) is 0.752. The van der Waals surface area contributed by atoms with Crippen molar-refractivity contribution in [2.24, 2.45) is 0 Å². The van der Waals surface area contributed by atoms with Gasteiger partial charge in [0, 0.05) is 5.56 Å². The van der Waals surface area contributed by atoms with Crippen LogP contribution in [0.1, 0.15) is 12.5 Å². The molecule has 0 spiro atoms. The predicted molar refractivity (Wildman–Crippen MR) is 78.0 cm³/mol. The zero-order chi connectivity index (χ0) is 14.5. The van der Waals surface area contributed by atoms with Crippen molar-refractivity contribution in [2.75, 3.05) is 7.11 Å². The molecule has 0 amide bonds. The molecule has 0 saturated heterocycles. The fourth-order valence-corrected chi connectivity index (χ4v) is 1.94. The van der Waals surface area contributed by atoms with Crippen molar-refractivity contribution in [1.29, 1.82) is 0 Å². The van der Waals surface area contributed by atoms with Crippen molar-refractivity contribution in [3.05, 3.63) is 65.9 Å². The number of methoxy groups -OCH3 is 1. The number of ether oxygens (including phenoxy) is 2. The van der Waals surface area contributed by atoms with E-state index in [2.05, 4.69) is 0 Å². The second kappa shape index (κ2) is 6.24. The molecule has 0 aliphatic carbocycles. The van der Waals surface area contributed by atoms with E-state index in [1.807, 2.05) is 31.2 Å². The standard InChI is InChI=1S/C17H17FO2/c1-12-8-9-14(15-6-4-5-7-16(15)18)10-17(12)20-13(2)11-19-3/h4-11H,1-3H3/b13-11+. The molecule has 104 valence electrons. The maximum absolute atomic E-state index is 13.8. The average molecular weight is 272 g/mol. The lowest BCUT2D eigenvalue weighted by Gasteiger charge is -2.11. The Morgan fingerprint density at radius 2 is 1.90 bits per heavy atom. The van der Waals surface area contributed by atoms with Crippen LogP contribution in [0.3, 0.4) is 0 Å². The Kier molecular flexibility index (Phi) is 4.41. The number of allylic oxidation sites excluding steroid dienone is 1. The minimum Gasteiger partial charge on any atom is -0.501 e. The van der Waals surface area contributed by atoms with Crippen LogP contribution >= 0.6 is 0 Å². The smallest absolute Gasteiger partial charge is 0.135 e. The summed E-state index contributed by atoms with van der Waals surface area (Å²) in [6.07, 6.45) is 1.52. The van der Waals surface area contributed by atoms with E-state index in [1.165, 1.54) is 12.3 Å². The first kappa shape index (κ1) is 14.1. The average Bonchev–Trinajstić information content (AvgIpc) is 2.42. The Balaban J connectivity index is 2.39. The van der Waals surface area contributed by atoms with Gasteiger partial charge in [0.05, 0.1) is 7.11 Å². The van der Waals surface area contributed by atoms with Crippen molar-refractivity contribution >= 4 is 0 Å². The second-order valence-corrected chi connectivity index (χ2v) is 4.53. The fraction of sp³-hybridized carbons (Fsp3) is 0.176. The van der Waals surface area contributed by atoms with Crippen LogP contribution in [0.15, 0.2) is 54.5 Å². The summed E-state index contributed by atoms with van der Waals surface area (Å²) in [5.41, 5.74) is 2.33. The number of rotatable bonds is 4.